The molecule has 154 valence electrons. The standard InChI is InChI=1S/C19H34N4O3S/c1-6-20-19(21-11-8-12-23-27(24,25)7-2)22-14-17-10-9-16(5)13-18(17)26-15(3)4/h9-10,13,15,23H,6-8,11-12,14H2,1-5H3,(H2,20,21,22). The van der Waals surface area contributed by atoms with Crippen LogP contribution in [0.1, 0.15) is 45.2 Å². The van der Waals surface area contributed by atoms with Gasteiger partial charge in [-0.3, -0.25) is 0 Å². The predicted molar refractivity (Wildman–Crippen MR) is 112 cm³/mol. The number of ether oxygens (including phenoxy) is 1. The number of rotatable bonds is 11. The monoisotopic (exact) mass is 398 g/mol. The average Bonchev–Trinajstić information content (AvgIpc) is 2.60. The topological polar surface area (TPSA) is 91.8 Å². The fraction of sp³-hybridized carbons (Fsp3) is 0.632. The van der Waals surface area contributed by atoms with E-state index in [1.807, 2.05) is 39.8 Å². The maximum absolute atomic E-state index is 11.4. The molecule has 0 aliphatic carbocycles. The van der Waals surface area contributed by atoms with Crippen LogP contribution in [0.25, 0.3) is 0 Å². The van der Waals surface area contributed by atoms with Gasteiger partial charge in [0.15, 0.2) is 5.96 Å². The van der Waals surface area contributed by atoms with Gasteiger partial charge in [-0.25, -0.2) is 18.1 Å². The smallest absolute Gasteiger partial charge is 0.211 e. The molecule has 0 aromatic heterocycles. The summed E-state index contributed by atoms with van der Waals surface area (Å²) in [6, 6.07) is 6.13. The molecular weight excluding hydrogens is 364 g/mol. The van der Waals surface area contributed by atoms with Gasteiger partial charge in [-0.05, 0) is 52.7 Å². The van der Waals surface area contributed by atoms with Crippen molar-refractivity contribution in [3.8, 4) is 5.75 Å². The van der Waals surface area contributed by atoms with Crippen LogP contribution in [0.5, 0.6) is 5.75 Å². The Kier molecular flexibility index (Phi) is 10.2. The van der Waals surface area contributed by atoms with Crippen molar-refractivity contribution in [1.82, 2.24) is 15.4 Å². The number of nitrogens with zero attached hydrogens (tertiary/aromatic N) is 1. The second-order valence-corrected chi connectivity index (χ2v) is 8.65. The van der Waals surface area contributed by atoms with Crippen LogP contribution in [0.4, 0.5) is 0 Å². The summed E-state index contributed by atoms with van der Waals surface area (Å²) in [4.78, 5) is 4.62. The third kappa shape index (κ3) is 9.63. The quantitative estimate of drug-likeness (QED) is 0.302. The van der Waals surface area contributed by atoms with Gasteiger partial charge in [0, 0.05) is 25.2 Å². The molecule has 0 bridgehead atoms. The molecule has 0 saturated carbocycles. The van der Waals surface area contributed by atoms with Crippen LogP contribution in [-0.4, -0.2) is 45.9 Å². The van der Waals surface area contributed by atoms with Crippen LogP contribution in [0, 0.1) is 6.92 Å². The summed E-state index contributed by atoms with van der Waals surface area (Å²) in [5.41, 5.74) is 2.18. The lowest BCUT2D eigenvalue weighted by molar-refractivity contribution is 0.240. The first-order valence-electron chi connectivity index (χ1n) is 9.53. The lowest BCUT2D eigenvalue weighted by Gasteiger charge is -2.15. The van der Waals surface area contributed by atoms with Crippen molar-refractivity contribution in [2.45, 2.75) is 53.7 Å². The Hall–Kier alpha value is -1.80. The highest BCUT2D eigenvalue weighted by Gasteiger charge is 2.07. The number of benzene rings is 1. The summed E-state index contributed by atoms with van der Waals surface area (Å²) >= 11 is 0. The first-order valence-corrected chi connectivity index (χ1v) is 11.2. The van der Waals surface area contributed by atoms with Gasteiger partial charge in [0.05, 0.1) is 18.4 Å². The summed E-state index contributed by atoms with van der Waals surface area (Å²) in [7, 11) is -3.13. The van der Waals surface area contributed by atoms with Crippen LogP contribution in [0.3, 0.4) is 0 Å². The molecular formula is C19H34N4O3S. The Balaban J connectivity index is 2.63. The van der Waals surface area contributed by atoms with Gasteiger partial charge in [0.2, 0.25) is 10.0 Å². The fourth-order valence-electron chi connectivity index (χ4n) is 2.29. The van der Waals surface area contributed by atoms with Crippen molar-refractivity contribution in [2.75, 3.05) is 25.4 Å². The Morgan fingerprint density at radius 3 is 2.56 bits per heavy atom. The lowest BCUT2D eigenvalue weighted by Crippen LogP contribution is -2.38. The molecule has 1 aromatic carbocycles. The number of hydrogen-bond acceptors (Lipinski definition) is 4. The van der Waals surface area contributed by atoms with E-state index in [9.17, 15) is 8.42 Å². The Morgan fingerprint density at radius 1 is 1.19 bits per heavy atom. The fourth-order valence-corrected chi connectivity index (χ4v) is 2.95. The van der Waals surface area contributed by atoms with Gasteiger partial charge < -0.3 is 15.4 Å². The van der Waals surface area contributed by atoms with Gasteiger partial charge in [0.25, 0.3) is 0 Å². The molecule has 0 aliphatic rings. The van der Waals surface area contributed by atoms with Crippen molar-refractivity contribution in [2.24, 2.45) is 4.99 Å². The van der Waals surface area contributed by atoms with Crippen molar-refractivity contribution >= 4 is 16.0 Å². The van der Waals surface area contributed by atoms with Crippen molar-refractivity contribution in [1.29, 1.82) is 0 Å². The second-order valence-electron chi connectivity index (χ2n) is 6.55. The first-order chi connectivity index (χ1) is 12.8. The van der Waals surface area contributed by atoms with Crippen molar-refractivity contribution in [3.05, 3.63) is 29.3 Å². The molecule has 0 amide bonds. The number of aliphatic imine (C=N–C) groups is 1. The van der Waals surface area contributed by atoms with Crippen molar-refractivity contribution in [3.63, 3.8) is 0 Å². The van der Waals surface area contributed by atoms with Gasteiger partial charge in [-0.2, -0.15) is 0 Å². The molecule has 0 aliphatic heterocycles. The van der Waals surface area contributed by atoms with E-state index in [1.54, 1.807) is 6.92 Å². The Bertz CT molecular complexity index is 703. The van der Waals surface area contributed by atoms with Crippen LogP contribution in [-0.2, 0) is 16.6 Å². The molecule has 0 heterocycles. The molecule has 8 heteroatoms. The maximum Gasteiger partial charge on any atom is 0.211 e. The zero-order chi connectivity index (χ0) is 20.3. The molecule has 1 rings (SSSR count). The number of nitrogens with one attached hydrogen (secondary N) is 3. The third-order valence-electron chi connectivity index (χ3n) is 3.69. The third-order valence-corrected chi connectivity index (χ3v) is 5.09. The minimum absolute atomic E-state index is 0.0991. The van der Waals surface area contributed by atoms with E-state index >= 15 is 0 Å². The van der Waals surface area contributed by atoms with Gasteiger partial charge >= 0.3 is 0 Å². The number of guanidine groups is 1. The normalized spacial score (nSPS) is 12.3. The summed E-state index contributed by atoms with van der Waals surface area (Å²) in [5, 5.41) is 6.43. The first kappa shape index (κ1) is 23.2. The van der Waals surface area contributed by atoms with E-state index in [4.69, 9.17) is 4.74 Å². The van der Waals surface area contributed by atoms with Crippen LogP contribution in [0.2, 0.25) is 0 Å². The minimum atomic E-state index is -3.13. The average molecular weight is 399 g/mol. The zero-order valence-electron chi connectivity index (χ0n) is 17.1. The molecule has 0 unspecified atom stereocenters. The highest BCUT2D eigenvalue weighted by Crippen LogP contribution is 2.22. The van der Waals surface area contributed by atoms with Crippen LogP contribution >= 0.6 is 0 Å². The van der Waals surface area contributed by atoms with E-state index in [0.717, 1.165) is 23.4 Å². The predicted octanol–water partition coefficient (Wildman–Crippen LogP) is 2.17. The lowest BCUT2D eigenvalue weighted by atomic mass is 10.1. The number of sulfonamides is 1. The molecule has 0 fully saturated rings. The van der Waals surface area contributed by atoms with Gasteiger partial charge in [0.1, 0.15) is 5.75 Å². The van der Waals surface area contributed by atoms with E-state index in [1.165, 1.54) is 0 Å². The van der Waals surface area contributed by atoms with Crippen LogP contribution < -0.4 is 20.1 Å². The maximum atomic E-state index is 11.4. The SMILES string of the molecule is CCNC(=NCc1ccc(C)cc1OC(C)C)NCCCNS(=O)(=O)CC. The minimum Gasteiger partial charge on any atom is -0.491 e. The van der Waals surface area contributed by atoms with E-state index in [0.29, 0.717) is 32.0 Å². The number of hydrogen-bond donors (Lipinski definition) is 3. The molecule has 0 atom stereocenters. The second kappa shape index (κ2) is 11.8. The molecule has 1 aromatic rings. The number of aryl methyl sites for hydroxylation is 1. The molecule has 0 spiro atoms. The van der Waals surface area contributed by atoms with Gasteiger partial charge in [-0.1, -0.05) is 12.1 Å². The Labute approximate surface area is 164 Å². The zero-order valence-corrected chi connectivity index (χ0v) is 17.9. The highest BCUT2D eigenvalue weighted by molar-refractivity contribution is 7.89. The summed E-state index contributed by atoms with van der Waals surface area (Å²) in [6.45, 7) is 12.0. The molecule has 0 saturated heterocycles. The van der Waals surface area contributed by atoms with E-state index < -0.39 is 10.0 Å². The van der Waals surface area contributed by atoms with E-state index in [-0.39, 0.29) is 11.9 Å². The van der Waals surface area contributed by atoms with Crippen molar-refractivity contribution < 1.29 is 13.2 Å². The molecule has 0 radical (unpaired) electrons. The van der Waals surface area contributed by atoms with Crippen LogP contribution in [0.15, 0.2) is 23.2 Å². The van der Waals surface area contributed by atoms with Gasteiger partial charge in [-0.15, -0.1) is 0 Å². The molecule has 7 nitrogen and oxygen atoms in total. The highest BCUT2D eigenvalue weighted by atomic mass is 32.2. The molecule has 27 heavy (non-hydrogen) atoms. The summed E-state index contributed by atoms with van der Waals surface area (Å²) in [5.74, 6) is 1.66. The van der Waals surface area contributed by atoms with E-state index in [2.05, 4.69) is 26.4 Å². The largest absolute Gasteiger partial charge is 0.491 e. The summed E-state index contributed by atoms with van der Waals surface area (Å²) in [6.07, 6.45) is 0.781. The Morgan fingerprint density at radius 2 is 1.93 bits per heavy atom. The summed E-state index contributed by atoms with van der Waals surface area (Å²) < 4.78 is 31.3. The molecule has 3 N–H and O–H groups in total.